The van der Waals surface area contributed by atoms with Gasteiger partial charge in [0.05, 0.1) is 5.56 Å². The van der Waals surface area contributed by atoms with Gasteiger partial charge in [-0.15, -0.1) is 0 Å². The Kier molecular flexibility index (Phi) is 5.25. The summed E-state index contributed by atoms with van der Waals surface area (Å²) in [6.07, 6.45) is 0.640. The van der Waals surface area contributed by atoms with E-state index in [0.717, 1.165) is 50.8 Å². The van der Waals surface area contributed by atoms with E-state index in [2.05, 4.69) is 5.32 Å². The second-order valence-electron chi connectivity index (χ2n) is 5.80. The van der Waals surface area contributed by atoms with E-state index in [-0.39, 0.29) is 5.92 Å². The van der Waals surface area contributed by atoms with Crippen LogP contribution in [0.3, 0.4) is 0 Å². The van der Waals surface area contributed by atoms with E-state index in [1.54, 1.807) is 0 Å². The lowest BCUT2D eigenvalue weighted by molar-refractivity contribution is -0.140. The molecule has 1 fully saturated rings. The van der Waals surface area contributed by atoms with Crippen molar-refractivity contribution in [2.75, 3.05) is 13.6 Å². The third kappa shape index (κ3) is 3.96. The van der Waals surface area contributed by atoms with Gasteiger partial charge in [-0.2, -0.15) is 13.2 Å². The molecule has 0 aliphatic heterocycles. The summed E-state index contributed by atoms with van der Waals surface area (Å²) in [5.74, 6) is -0.669. The highest BCUT2D eigenvalue weighted by Crippen LogP contribution is 2.38. The van der Waals surface area contributed by atoms with Crippen LogP contribution in [0.5, 0.6) is 0 Å². The Morgan fingerprint density at radius 2 is 1.86 bits per heavy atom. The van der Waals surface area contributed by atoms with Crippen molar-refractivity contribution >= 4 is 0 Å². The highest BCUT2D eigenvalue weighted by Gasteiger charge is 2.35. The standard InChI is InChI=1S/C16H21F4N/c1-21-10-12-5-3-2-4-6-13(12)11-7-8-14(15(17)9-11)16(18,19)20/h7-9,12-13,21H,2-6,10H2,1H3. The van der Waals surface area contributed by atoms with E-state index in [0.29, 0.717) is 11.5 Å². The van der Waals surface area contributed by atoms with E-state index in [1.807, 2.05) is 7.05 Å². The second-order valence-corrected chi connectivity index (χ2v) is 5.80. The molecular weight excluding hydrogens is 282 g/mol. The second kappa shape index (κ2) is 6.77. The van der Waals surface area contributed by atoms with Crippen LogP contribution in [0.15, 0.2) is 18.2 Å². The summed E-state index contributed by atoms with van der Waals surface area (Å²) in [6.45, 7) is 0.813. The number of hydrogen-bond acceptors (Lipinski definition) is 1. The van der Waals surface area contributed by atoms with Gasteiger partial charge in [0.2, 0.25) is 0 Å². The average Bonchev–Trinajstić information content (AvgIpc) is 2.63. The number of rotatable bonds is 3. The Morgan fingerprint density at radius 3 is 2.48 bits per heavy atom. The molecule has 5 heteroatoms. The van der Waals surface area contributed by atoms with Gasteiger partial charge >= 0.3 is 6.18 Å². The van der Waals surface area contributed by atoms with Crippen molar-refractivity contribution in [3.8, 4) is 0 Å². The molecule has 1 N–H and O–H groups in total. The Morgan fingerprint density at radius 1 is 1.14 bits per heavy atom. The number of nitrogens with one attached hydrogen (secondary N) is 1. The first-order chi connectivity index (χ1) is 9.93. The minimum absolute atomic E-state index is 0.136. The molecule has 0 amide bonds. The molecule has 0 radical (unpaired) electrons. The fourth-order valence-electron chi connectivity index (χ4n) is 3.32. The Bertz CT molecular complexity index is 470. The first kappa shape index (κ1) is 16.3. The van der Waals surface area contributed by atoms with E-state index >= 15 is 0 Å². The van der Waals surface area contributed by atoms with Gasteiger partial charge in [0.1, 0.15) is 5.82 Å². The SMILES string of the molecule is CNCC1CCCCCC1c1ccc(C(F)(F)F)c(F)c1. The van der Waals surface area contributed by atoms with Crippen molar-refractivity contribution in [2.24, 2.45) is 5.92 Å². The number of halogens is 4. The summed E-state index contributed by atoms with van der Waals surface area (Å²) in [7, 11) is 1.87. The predicted molar refractivity (Wildman–Crippen MR) is 74.6 cm³/mol. The minimum Gasteiger partial charge on any atom is -0.319 e. The molecule has 0 aromatic heterocycles. The van der Waals surface area contributed by atoms with Crippen LogP contribution in [0.25, 0.3) is 0 Å². The van der Waals surface area contributed by atoms with Crippen molar-refractivity contribution in [1.82, 2.24) is 5.32 Å². The quantitative estimate of drug-likeness (QED) is 0.629. The number of alkyl halides is 3. The molecule has 0 bridgehead atoms. The fourth-order valence-corrected chi connectivity index (χ4v) is 3.32. The summed E-state index contributed by atoms with van der Waals surface area (Å²) in [5.41, 5.74) is -0.479. The average molecular weight is 303 g/mol. The molecule has 21 heavy (non-hydrogen) atoms. The largest absolute Gasteiger partial charge is 0.419 e. The highest BCUT2D eigenvalue weighted by atomic mass is 19.4. The van der Waals surface area contributed by atoms with Crippen LogP contribution in [0, 0.1) is 11.7 Å². The maximum Gasteiger partial charge on any atom is 0.419 e. The molecule has 0 heterocycles. The van der Waals surface area contributed by atoms with E-state index < -0.39 is 17.6 Å². The van der Waals surface area contributed by atoms with Gasteiger partial charge in [-0.25, -0.2) is 4.39 Å². The van der Waals surface area contributed by atoms with Crippen molar-refractivity contribution in [2.45, 2.75) is 44.2 Å². The lowest BCUT2D eigenvalue weighted by Crippen LogP contribution is -2.24. The van der Waals surface area contributed by atoms with Crippen molar-refractivity contribution in [3.63, 3.8) is 0 Å². The Hall–Kier alpha value is -1.10. The van der Waals surface area contributed by atoms with E-state index in [4.69, 9.17) is 0 Å². The van der Waals surface area contributed by atoms with Gasteiger partial charge < -0.3 is 5.32 Å². The molecule has 2 rings (SSSR count). The van der Waals surface area contributed by atoms with Gasteiger partial charge in [-0.05, 0) is 56.0 Å². The van der Waals surface area contributed by atoms with Gasteiger partial charge in [0.25, 0.3) is 0 Å². The molecule has 1 aromatic carbocycles. The zero-order valence-electron chi connectivity index (χ0n) is 12.1. The molecular formula is C16H21F4N. The van der Waals surface area contributed by atoms with Crippen LogP contribution in [-0.4, -0.2) is 13.6 Å². The molecule has 1 nitrogen and oxygen atoms in total. The molecule has 1 aromatic rings. The normalized spacial score (nSPS) is 23.9. The maximum atomic E-state index is 13.8. The summed E-state index contributed by atoms with van der Waals surface area (Å²) in [5, 5.41) is 3.14. The molecule has 2 atom stereocenters. The lowest BCUT2D eigenvalue weighted by atomic mass is 9.82. The van der Waals surface area contributed by atoms with Crippen LogP contribution in [0.4, 0.5) is 17.6 Å². The molecule has 1 aliphatic carbocycles. The topological polar surface area (TPSA) is 12.0 Å². The molecule has 0 saturated heterocycles. The van der Waals surface area contributed by atoms with Crippen molar-refractivity contribution in [1.29, 1.82) is 0 Å². The van der Waals surface area contributed by atoms with Gasteiger partial charge in [-0.3, -0.25) is 0 Å². The Balaban J connectivity index is 2.28. The molecule has 118 valence electrons. The molecule has 1 aliphatic rings. The fraction of sp³-hybridized carbons (Fsp3) is 0.625. The van der Waals surface area contributed by atoms with Crippen LogP contribution in [0.2, 0.25) is 0 Å². The summed E-state index contributed by atoms with van der Waals surface area (Å²) >= 11 is 0. The predicted octanol–water partition coefficient (Wildman–Crippen LogP) is 4.73. The number of hydrogen-bond donors (Lipinski definition) is 1. The monoisotopic (exact) mass is 303 g/mol. The van der Waals surface area contributed by atoms with Crippen LogP contribution >= 0.6 is 0 Å². The lowest BCUT2D eigenvalue weighted by Gasteiger charge is -2.26. The molecule has 0 spiro atoms. The summed E-state index contributed by atoms with van der Waals surface area (Å²) in [6, 6.07) is 3.41. The smallest absolute Gasteiger partial charge is 0.319 e. The van der Waals surface area contributed by atoms with Crippen molar-refractivity contribution < 1.29 is 17.6 Å². The first-order valence-corrected chi connectivity index (χ1v) is 7.44. The van der Waals surface area contributed by atoms with Gasteiger partial charge in [0.15, 0.2) is 0 Å². The van der Waals surface area contributed by atoms with Crippen LogP contribution in [-0.2, 0) is 6.18 Å². The minimum atomic E-state index is -4.63. The number of benzene rings is 1. The highest BCUT2D eigenvalue weighted by molar-refractivity contribution is 5.29. The maximum absolute atomic E-state index is 13.8. The van der Waals surface area contributed by atoms with Gasteiger partial charge in [-0.1, -0.05) is 25.3 Å². The van der Waals surface area contributed by atoms with E-state index in [9.17, 15) is 17.6 Å². The summed E-state index contributed by atoms with van der Waals surface area (Å²) < 4.78 is 51.7. The van der Waals surface area contributed by atoms with Crippen LogP contribution < -0.4 is 5.32 Å². The zero-order valence-corrected chi connectivity index (χ0v) is 12.1. The molecule has 1 saturated carbocycles. The Labute approximate surface area is 122 Å². The van der Waals surface area contributed by atoms with Crippen LogP contribution in [0.1, 0.15) is 49.1 Å². The van der Waals surface area contributed by atoms with E-state index in [1.165, 1.54) is 6.07 Å². The third-order valence-corrected chi connectivity index (χ3v) is 4.35. The van der Waals surface area contributed by atoms with Crippen molar-refractivity contribution in [3.05, 3.63) is 35.1 Å². The third-order valence-electron chi connectivity index (χ3n) is 4.35. The first-order valence-electron chi connectivity index (χ1n) is 7.44. The van der Waals surface area contributed by atoms with Gasteiger partial charge in [0, 0.05) is 0 Å². The zero-order chi connectivity index (χ0) is 15.5. The molecule has 2 unspecified atom stereocenters. The summed E-state index contributed by atoms with van der Waals surface area (Å²) in [4.78, 5) is 0.